The van der Waals surface area contributed by atoms with Crippen LogP contribution >= 0.6 is 0 Å². The summed E-state index contributed by atoms with van der Waals surface area (Å²) in [5.41, 5.74) is 3.71. The molecule has 1 aliphatic rings. The summed E-state index contributed by atoms with van der Waals surface area (Å²) in [5.74, 6) is 0. The molecule has 1 N–H and O–H groups in total. The van der Waals surface area contributed by atoms with Crippen molar-refractivity contribution in [1.82, 2.24) is 9.55 Å². The van der Waals surface area contributed by atoms with Gasteiger partial charge in [-0.25, -0.2) is 0 Å². The summed E-state index contributed by atoms with van der Waals surface area (Å²) >= 11 is 0. The molecule has 2 heterocycles. The molecule has 0 fully saturated rings. The van der Waals surface area contributed by atoms with E-state index in [0.29, 0.717) is 0 Å². The minimum absolute atomic E-state index is 0.256. The van der Waals surface area contributed by atoms with Gasteiger partial charge in [0.2, 0.25) is 0 Å². The van der Waals surface area contributed by atoms with Crippen molar-refractivity contribution >= 4 is 0 Å². The molecule has 0 radical (unpaired) electrons. The van der Waals surface area contributed by atoms with Crippen LogP contribution in [0.25, 0.3) is 0 Å². The molecule has 1 atom stereocenters. The van der Waals surface area contributed by atoms with Gasteiger partial charge in [0.1, 0.15) is 0 Å². The van der Waals surface area contributed by atoms with Gasteiger partial charge in [-0.3, -0.25) is 4.98 Å². The van der Waals surface area contributed by atoms with E-state index in [-0.39, 0.29) is 6.10 Å². The number of hydrogen-bond donors (Lipinski definition) is 1. The van der Waals surface area contributed by atoms with Gasteiger partial charge in [0, 0.05) is 36.4 Å². The molecule has 0 aromatic carbocycles. The number of hydrogen-bond acceptors (Lipinski definition) is 2. The number of aryl methyl sites for hydroxylation is 2. The van der Waals surface area contributed by atoms with Gasteiger partial charge in [-0.1, -0.05) is 6.07 Å². The molecule has 0 saturated heterocycles. The third kappa shape index (κ3) is 2.18. The van der Waals surface area contributed by atoms with Crippen molar-refractivity contribution < 1.29 is 5.11 Å². The first-order valence-electron chi connectivity index (χ1n) is 6.59. The van der Waals surface area contributed by atoms with Crippen molar-refractivity contribution in [2.45, 2.75) is 38.3 Å². The van der Waals surface area contributed by atoms with E-state index in [9.17, 15) is 5.11 Å². The molecule has 1 aliphatic carbocycles. The first-order chi connectivity index (χ1) is 8.84. The summed E-state index contributed by atoms with van der Waals surface area (Å²) in [6, 6.07) is 6.16. The Labute approximate surface area is 107 Å². The normalized spacial score (nSPS) is 18.6. The van der Waals surface area contributed by atoms with E-state index in [1.807, 2.05) is 12.3 Å². The number of aromatic nitrogens is 2. The summed E-state index contributed by atoms with van der Waals surface area (Å²) in [7, 11) is 0. The van der Waals surface area contributed by atoms with Gasteiger partial charge in [-0.2, -0.15) is 0 Å². The fourth-order valence-corrected chi connectivity index (χ4v) is 2.74. The topological polar surface area (TPSA) is 38.0 Å². The fourth-order valence-electron chi connectivity index (χ4n) is 2.74. The molecule has 2 aromatic rings. The molecule has 0 amide bonds. The van der Waals surface area contributed by atoms with Crippen molar-refractivity contribution in [1.29, 1.82) is 0 Å². The molecule has 0 spiro atoms. The van der Waals surface area contributed by atoms with Gasteiger partial charge >= 0.3 is 0 Å². The van der Waals surface area contributed by atoms with Crippen LogP contribution in [-0.2, 0) is 19.4 Å². The number of fused-ring (bicyclic) bond motifs is 1. The van der Waals surface area contributed by atoms with Gasteiger partial charge in [0.05, 0.1) is 6.10 Å². The second-order valence-electron chi connectivity index (χ2n) is 4.93. The average molecular weight is 242 g/mol. The van der Waals surface area contributed by atoms with Crippen LogP contribution in [0.15, 0.2) is 36.8 Å². The summed E-state index contributed by atoms with van der Waals surface area (Å²) in [5, 5.41) is 9.94. The van der Waals surface area contributed by atoms with Crippen molar-refractivity contribution in [2.24, 2.45) is 0 Å². The van der Waals surface area contributed by atoms with Crippen LogP contribution in [0, 0.1) is 0 Å². The van der Waals surface area contributed by atoms with Gasteiger partial charge < -0.3 is 9.67 Å². The molecule has 2 aromatic heterocycles. The van der Waals surface area contributed by atoms with Gasteiger partial charge in [0.15, 0.2) is 0 Å². The third-order valence-corrected chi connectivity index (χ3v) is 3.73. The Morgan fingerprint density at radius 1 is 1.39 bits per heavy atom. The predicted octanol–water partition coefficient (Wildman–Crippen LogP) is 2.50. The maximum atomic E-state index is 9.94. The summed E-state index contributed by atoms with van der Waals surface area (Å²) in [4.78, 5) is 4.13. The Hall–Kier alpha value is -1.61. The smallest absolute Gasteiger partial charge is 0.0807 e. The molecule has 94 valence electrons. The number of aliphatic hydroxyl groups excluding tert-OH is 1. The fraction of sp³-hybridized carbons (Fsp3) is 0.400. The predicted molar refractivity (Wildman–Crippen MR) is 70.3 cm³/mol. The molecule has 18 heavy (non-hydrogen) atoms. The largest absolute Gasteiger partial charge is 0.388 e. The lowest BCUT2D eigenvalue weighted by Crippen LogP contribution is -2.12. The zero-order chi connectivity index (χ0) is 12.4. The van der Waals surface area contributed by atoms with Crippen molar-refractivity contribution in [3.63, 3.8) is 0 Å². The second kappa shape index (κ2) is 4.94. The van der Waals surface area contributed by atoms with E-state index in [1.165, 1.54) is 11.3 Å². The quantitative estimate of drug-likeness (QED) is 0.898. The van der Waals surface area contributed by atoms with Crippen LogP contribution in [0.3, 0.4) is 0 Å². The summed E-state index contributed by atoms with van der Waals surface area (Å²) in [6.45, 7) is 0.966. The second-order valence-corrected chi connectivity index (χ2v) is 4.93. The molecular weight excluding hydrogens is 224 g/mol. The van der Waals surface area contributed by atoms with Crippen LogP contribution in [-0.4, -0.2) is 14.7 Å². The highest BCUT2D eigenvalue weighted by Crippen LogP contribution is 2.30. The Balaban J connectivity index is 1.74. The Kier molecular flexibility index (Phi) is 3.15. The lowest BCUT2D eigenvalue weighted by molar-refractivity contribution is 0.155. The minimum Gasteiger partial charge on any atom is -0.388 e. The third-order valence-electron chi connectivity index (χ3n) is 3.73. The van der Waals surface area contributed by atoms with Gasteiger partial charge in [-0.05, 0) is 43.4 Å². The van der Waals surface area contributed by atoms with Crippen molar-refractivity contribution in [3.05, 3.63) is 53.6 Å². The van der Waals surface area contributed by atoms with Crippen LogP contribution in [0.2, 0.25) is 0 Å². The maximum Gasteiger partial charge on any atom is 0.0807 e. The molecule has 0 saturated carbocycles. The van der Waals surface area contributed by atoms with Crippen LogP contribution in [0.5, 0.6) is 0 Å². The van der Waals surface area contributed by atoms with Crippen molar-refractivity contribution in [3.8, 4) is 0 Å². The molecule has 3 nitrogen and oxygen atoms in total. The summed E-state index contributed by atoms with van der Waals surface area (Å²) < 4.78 is 2.28. The maximum absolute atomic E-state index is 9.94. The Bertz CT molecular complexity index is 519. The average Bonchev–Trinajstić information content (AvgIpc) is 2.82. The number of aliphatic hydroxyl groups is 1. The summed E-state index contributed by atoms with van der Waals surface area (Å²) in [6.07, 6.45) is 9.65. The minimum atomic E-state index is -0.256. The number of pyridine rings is 1. The van der Waals surface area contributed by atoms with Crippen LogP contribution in [0.4, 0.5) is 0 Å². The van der Waals surface area contributed by atoms with E-state index in [4.69, 9.17) is 0 Å². The highest BCUT2D eigenvalue weighted by molar-refractivity contribution is 5.27. The highest BCUT2D eigenvalue weighted by Gasteiger charge is 2.20. The first kappa shape index (κ1) is 11.5. The Morgan fingerprint density at radius 3 is 3.17 bits per heavy atom. The molecule has 3 rings (SSSR count). The zero-order valence-corrected chi connectivity index (χ0v) is 10.4. The van der Waals surface area contributed by atoms with Gasteiger partial charge in [-0.15, -0.1) is 0 Å². The first-order valence-corrected chi connectivity index (χ1v) is 6.59. The molecule has 0 aliphatic heterocycles. The zero-order valence-electron chi connectivity index (χ0n) is 10.4. The van der Waals surface area contributed by atoms with Crippen molar-refractivity contribution in [2.75, 3.05) is 0 Å². The van der Waals surface area contributed by atoms with E-state index in [2.05, 4.69) is 27.9 Å². The lowest BCUT2D eigenvalue weighted by atomic mass is 9.95. The van der Waals surface area contributed by atoms with E-state index in [0.717, 1.165) is 37.8 Å². The van der Waals surface area contributed by atoms with Gasteiger partial charge in [0.25, 0.3) is 0 Å². The van der Waals surface area contributed by atoms with Crippen LogP contribution < -0.4 is 0 Å². The highest BCUT2D eigenvalue weighted by atomic mass is 16.3. The SMILES string of the molecule is OC1CCCc2c1ccn2CCc1cccnc1. The number of rotatable bonds is 3. The number of nitrogens with zero attached hydrogens (tertiary/aromatic N) is 2. The van der Waals surface area contributed by atoms with Crippen LogP contribution in [0.1, 0.15) is 35.8 Å². The monoisotopic (exact) mass is 242 g/mol. The standard InChI is InChI=1S/C15H18N2O/c18-15-5-1-4-14-13(15)7-10-17(14)9-6-12-3-2-8-16-11-12/h2-3,7-8,10-11,15,18H,1,4-6,9H2. The van der Waals surface area contributed by atoms with E-state index in [1.54, 1.807) is 6.20 Å². The lowest BCUT2D eigenvalue weighted by Gasteiger charge is -2.20. The van der Waals surface area contributed by atoms with E-state index >= 15 is 0 Å². The molecule has 0 bridgehead atoms. The van der Waals surface area contributed by atoms with E-state index < -0.39 is 0 Å². The molecule has 1 unspecified atom stereocenters. The Morgan fingerprint density at radius 2 is 2.33 bits per heavy atom. The molecular formula is C15H18N2O. The molecule has 3 heteroatoms.